The van der Waals surface area contributed by atoms with Gasteiger partial charge in [-0.2, -0.15) is 4.53 Å². The van der Waals surface area contributed by atoms with Gasteiger partial charge in [-0.05, 0) is 23.3 Å². The summed E-state index contributed by atoms with van der Waals surface area (Å²) in [5.41, 5.74) is 4.29. The van der Waals surface area contributed by atoms with E-state index in [-0.39, 0.29) is 6.04 Å². The fraction of sp³-hybridized carbons (Fsp3) is 0.0500. The number of amidine groups is 1. The molecule has 0 radical (unpaired) electrons. The molecule has 0 saturated carbocycles. The molecule has 1 aliphatic heterocycles. The molecule has 3 aromatic carbocycles. The minimum absolute atomic E-state index is 0.106. The van der Waals surface area contributed by atoms with Gasteiger partial charge in [0.15, 0.2) is 5.84 Å². The highest BCUT2D eigenvalue weighted by Gasteiger charge is 2.29. The number of hydrazone groups is 1. The molecule has 3 aromatic rings. The van der Waals surface area contributed by atoms with Gasteiger partial charge in [-0.1, -0.05) is 72.8 Å². The number of benzene rings is 3. The van der Waals surface area contributed by atoms with E-state index in [1.807, 2.05) is 60.7 Å². The molecular formula is C20H16ClN3. The Kier molecular flexibility index (Phi) is 3.93. The fourth-order valence-electron chi connectivity index (χ4n) is 2.96. The van der Waals surface area contributed by atoms with Crippen molar-refractivity contribution in [2.75, 3.05) is 5.32 Å². The monoisotopic (exact) mass is 333 g/mol. The van der Waals surface area contributed by atoms with Crippen LogP contribution in [0.5, 0.6) is 0 Å². The summed E-state index contributed by atoms with van der Waals surface area (Å²) in [4.78, 5) is 0. The summed E-state index contributed by atoms with van der Waals surface area (Å²) in [5.74, 6) is 0.749. The van der Waals surface area contributed by atoms with Gasteiger partial charge in [0, 0.05) is 23.0 Å². The van der Waals surface area contributed by atoms with E-state index in [0.29, 0.717) is 0 Å². The highest BCUT2D eigenvalue weighted by Crippen LogP contribution is 2.36. The van der Waals surface area contributed by atoms with E-state index in [0.717, 1.165) is 28.2 Å². The lowest BCUT2D eigenvalue weighted by Gasteiger charge is -2.31. The van der Waals surface area contributed by atoms with Crippen LogP contribution in [0, 0.1) is 0 Å². The molecule has 1 heterocycles. The van der Waals surface area contributed by atoms with Gasteiger partial charge in [-0.25, -0.2) is 0 Å². The number of hydrogen-bond donors (Lipinski definition) is 1. The molecule has 0 aromatic heterocycles. The van der Waals surface area contributed by atoms with Crippen LogP contribution in [0.4, 0.5) is 5.69 Å². The maximum Gasteiger partial charge on any atom is 0.159 e. The van der Waals surface area contributed by atoms with Gasteiger partial charge in [-0.3, -0.25) is 0 Å². The molecule has 118 valence electrons. The number of rotatable bonds is 2. The van der Waals surface area contributed by atoms with E-state index in [4.69, 9.17) is 11.8 Å². The summed E-state index contributed by atoms with van der Waals surface area (Å²) in [6.07, 6.45) is 0. The Morgan fingerprint density at radius 3 is 2.17 bits per heavy atom. The van der Waals surface area contributed by atoms with Crippen molar-refractivity contribution in [1.29, 1.82) is 0 Å². The number of para-hydroxylation sites is 1. The second kappa shape index (κ2) is 6.38. The summed E-state index contributed by atoms with van der Waals surface area (Å²) in [6.45, 7) is 0. The third-order valence-electron chi connectivity index (χ3n) is 4.07. The summed E-state index contributed by atoms with van der Waals surface area (Å²) < 4.78 is 1.50. The maximum absolute atomic E-state index is 6.51. The van der Waals surface area contributed by atoms with Crippen molar-refractivity contribution in [3.63, 3.8) is 0 Å². The minimum Gasteiger partial charge on any atom is -0.338 e. The Labute approximate surface area is 146 Å². The quantitative estimate of drug-likeness (QED) is 0.667. The van der Waals surface area contributed by atoms with E-state index in [1.54, 1.807) is 0 Å². The van der Waals surface area contributed by atoms with Gasteiger partial charge in [0.2, 0.25) is 0 Å². The zero-order chi connectivity index (χ0) is 16.4. The van der Waals surface area contributed by atoms with Crippen molar-refractivity contribution in [2.45, 2.75) is 6.04 Å². The van der Waals surface area contributed by atoms with E-state index < -0.39 is 0 Å². The second-order valence-corrected chi connectivity index (χ2v) is 5.98. The molecule has 24 heavy (non-hydrogen) atoms. The van der Waals surface area contributed by atoms with Crippen LogP contribution in [-0.4, -0.2) is 10.4 Å². The Morgan fingerprint density at radius 1 is 0.792 bits per heavy atom. The normalized spacial score (nSPS) is 16.3. The topological polar surface area (TPSA) is 27.6 Å². The smallest absolute Gasteiger partial charge is 0.159 e. The lowest BCUT2D eigenvalue weighted by Crippen LogP contribution is -2.29. The number of halogens is 1. The Bertz CT molecular complexity index is 862. The Balaban J connectivity index is 1.77. The zero-order valence-electron chi connectivity index (χ0n) is 12.9. The minimum atomic E-state index is -0.106. The van der Waals surface area contributed by atoms with E-state index in [2.05, 4.69) is 34.7 Å². The molecule has 1 aliphatic rings. The first-order chi connectivity index (χ1) is 11.8. The number of nitrogens with zero attached hydrogens (tertiary/aromatic N) is 2. The van der Waals surface area contributed by atoms with Crippen LogP contribution < -0.4 is 5.32 Å². The molecule has 0 spiro atoms. The number of nitrogens with one attached hydrogen (secondary N) is 1. The van der Waals surface area contributed by atoms with Crippen LogP contribution in [-0.2, 0) is 0 Å². The van der Waals surface area contributed by atoms with Crippen LogP contribution in [0.25, 0.3) is 0 Å². The van der Waals surface area contributed by atoms with Crippen LogP contribution >= 0.6 is 11.8 Å². The highest BCUT2D eigenvalue weighted by atomic mass is 35.5. The molecule has 4 rings (SSSR count). The molecule has 4 heteroatoms. The van der Waals surface area contributed by atoms with Gasteiger partial charge < -0.3 is 5.32 Å². The molecular weight excluding hydrogens is 318 g/mol. The summed E-state index contributed by atoms with van der Waals surface area (Å²) in [7, 11) is 0. The average Bonchev–Trinajstić information content (AvgIpc) is 2.63. The Hall–Kier alpha value is -2.78. The molecule has 0 aliphatic carbocycles. The van der Waals surface area contributed by atoms with Gasteiger partial charge in [0.25, 0.3) is 0 Å². The first kappa shape index (κ1) is 14.8. The molecule has 0 saturated heterocycles. The van der Waals surface area contributed by atoms with Gasteiger partial charge >= 0.3 is 0 Å². The summed E-state index contributed by atoms with van der Waals surface area (Å²) in [5, 5.41) is 7.94. The van der Waals surface area contributed by atoms with Crippen LogP contribution in [0.15, 0.2) is 90.0 Å². The lowest BCUT2D eigenvalue weighted by atomic mass is 9.93. The van der Waals surface area contributed by atoms with Crippen molar-refractivity contribution in [3.05, 3.63) is 102 Å². The van der Waals surface area contributed by atoms with E-state index in [1.165, 1.54) is 4.53 Å². The van der Waals surface area contributed by atoms with E-state index >= 15 is 0 Å². The zero-order valence-corrected chi connectivity index (χ0v) is 13.7. The second-order valence-electron chi connectivity index (χ2n) is 5.63. The fourth-order valence-corrected chi connectivity index (χ4v) is 3.25. The molecule has 0 bridgehead atoms. The van der Waals surface area contributed by atoms with Crippen LogP contribution in [0.2, 0.25) is 0 Å². The van der Waals surface area contributed by atoms with Crippen molar-refractivity contribution < 1.29 is 0 Å². The SMILES string of the molecule is ClN1N=C(Nc2ccccc2)c2ccccc2C1c1ccccc1. The first-order valence-electron chi connectivity index (χ1n) is 7.83. The van der Waals surface area contributed by atoms with Crippen molar-refractivity contribution in [3.8, 4) is 0 Å². The van der Waals surface area contributed by atoms with E-state index in [9.17, 15) is 0 Å². The molecule has 1 unspecified atom stereocenters. The van der Waals surface area contributed by atoms with Gasteiger partial charge in [0.1, 0.15) is 6.04 Å². The van der Waals surface area contributed by atoms with Crippen LogP contribution in [0.3, 0.4) is 0 Å². The van der Waals surface area contributed by atoms with Crippen LogP contribution in [0.1, 0.15) is 22.7 Å². The number of anilines is 1. The lowest BCUT2D eigenvalue weighted by molar-refractivity contribution is 0.404. The third-order valence-corrected chi connectivity index (χ3v) is 4.34. The van der Waals surface area contributed by atoms with Crippen molar-refractivity contribution in [1.82, 2.24) is 4.53 Å². The molecule has 0 fully saturated rings. The standard InChI is InChI=1S/C20H16ClN3/c21-24-19(15-9-3-1-4-10-15)17-13-7-8-14-18(17)20(23-24)22-16-11-5-2-6-12-16/h1-14,19H,(H,22,23). The Morgan fingerprint density at radius 2 is 1.42 bits per heavy atom. The molecule has 0 amide bonds. The highest BCUT2D eigenvalue weighted by molar-refractivity contribution is 6.17. The largest absolute Gasteiger partial charge is 0.338 e. The van der Waals surface area contributed by atoms with Crippen molar-refractivity contribution in [2.24, 2.45) is 5.10 Å². The molecule has 1 atom stereocenters. The summed E-state index contributed by atoms with van der Waals surface area (Å²) >= 11 is 6.51. The summed E-state index contributed by atoms with van der Waals surface area (Å²) in [6, 6.07) is 28.3. The maximum atomic E-state index is 6.51. The predicted molar refractivity (Wildman–Crippen MR) is 99.0 cm³/mol. The van der Waals surface area contributed by atoms with Gasteiger partial charge in [0.05, 0.1) is 0 Å². The number of hydrogen-bond acceptors (Lipinski definition) is 3. The predicted octanol–water partition coefficient (Wildman–Crippen LogP) is 5.02. The molecule has 1 N–H and O–H groups in total. The third kappa shape index (κ3) is 2.74. The van der Waals surface area contributed by atoms with Crippen molar-refractivity contribution >= 4 is 23.3 Å². The van der Waals surface area contributed by atoms with Gasteiger partial charge in [-0.15, -0.1) is 5.10 Å². The molecule has 3 nitrogen and oxygen atoms in total. The number of fused-ring (bicyclic) bond motifs is 1. The average molecular weight is 334 g/mol. The first-order valence-corrected chi connectivity index (χ1v) is 8.16.